The average molecular weight is 290 g/mol. The van der Waals surface area contributed by atoms with Gasteiger partial charge in [0.1, 0.15) is 5.75 Å². The zero-order chi connectivity index (χ0) is 14.5. The second kappa shape index (κ2) is 6.78. The van der Waals surface area contributed by atoms with Crippen molar-refractivity contribution < 1.29 is 4.74 Å². The first-order chi connectivity index (χ1) is 9.54. The molecule has 1 unspecified atom stereocenters. The number of halogens is 1. The topological polar surface area (TPSA) is 35.2 Å². The summed E-state index contributed by atoms with van der Waals surface area (Å²) in [5, 5.41) is 0.742. The highest BCUT2D eigenvalue weighted by molar-refractivity contribution is 6.30. The van der Waals surface area contributed by atoms with Crippen molar-refractivity contribution in [2.24, 2.45) is 5.73 Å². The molecule has 0 amide bonds. The molecule has 0 aliphatic carbocycles. The molecule has 2 N–H and O–H groups in total. The lowest BCUT2D eigenvalue weighted by atomic mass is 9.99. The Morgan fingerprint density at radius 1 is 1.10 bits per heavy atom. The number of benzene rings is 2. The third kappa shape index (κ3) is 4.26. The van der Waals surface area contributed by atoms with Crippen LogP contribution >= 0.6 is 11.6 Å². The summed E-state index contributed by atoms with van der Waals surface area (Å²) in [6.45, 7) is 4.02. The first-order valence-electron chi connectivity index (χ1n) is 6.81. The highest BCUT2D eigenvalue weighted by atomic mass is 35.5. The van der Waals surface area contributed by atoms with Crippen LogP contribution in [-0.2, 0) is 6.42 Å². The SMILES string of the molecule is CC(C)Oc1cccc(C(N)Cc2cccc(Cl)c2)c1. The maximum absolute atomic E-state index is 6.28. The van der Waals surface area contributed by atoms with Crippen molar-refractivity contribution in [3.05, 3.63) is 64.7 Å². The molecule has 0 saturated carbocycles. The molecule has 0 saturated heterocycles. The van der Waals surface area contributed by atoms with Crippen molar-refractivity contribution in [3.63, 3.8) is 0 Å². The standard InChI is InChI=1S/C17H20ClNO/c1-12(2)20-16-8-4-6-14(11-16)17(19)10-13-5-3-7-15(18)9-13/h3-9,11-12,17H,10,19H2,1-2H3. The van der Waals surface area contributed by atoms with Crippen LogP contribution in [-0.4, -0.2) is 6.10 Å². The average Bonchev–Trinajstić information content (AvgIpc) is 2.38. The Kier molecular flexibility index (Phi) is 5.05. The van der Waals surface area contributed by atoms with Crippen LogP contribution in [0.3, 0.4) is 0 Å². The van der Waals surface area contributed by atoms with Gasteiger partial charge in [0.25, 0.3) is 0 Å². The molecule has 3 heteroatoms. The Balaban J connectivity index is 2.10. The lowest BCUT2D eigenvalue weighted by molar-refractivity contribution is 0.242. The van der Waals surface area contributed by atoms with Gasteiger partial charge in [0.05, 0.1) is 6.10 Å². The van der Waals surface area contributed by atoms with E-state index >= 15 is 0 Å². The second-order valence-electron chi connectivity index (χ2n) is 5.18. The van der Waals surface area contributed by atoms with Gasteiger partial charge in [0, 0.05) is 11.1 Å². The number of hydrogen-bond acceptors (Lipinski definition) is 2. The number of hydrogen-bond donors (Lipinski definition) is 1. The van der Waals surface area contributed by atoms with Gasteiger partial charge in [-0.25, -0.2) is 0 Å². The van der Waals surface area contributed by atoms with Crippen LogP contribution in [0, 0.1) is 0 Å². The molecule has 2 rings (SSSR count). The fourth-order valence-electron chi connectivity index (χ4n) is 2.13. The Morgan fingerprint density at radius 2 is 1.85 bits per heavy atom. The Hall–Kier alpha value is -1.51. The van der Waals surface area contributed by atoms with E-state index in [2.05, 4.69) is 0 Å². The molecule has 1 atom stereocenters. The Bertz CT molecular complexity index is 568. The number of nitrogens with two attached hydrogens (primary N) is 1. The molecule has 0 aromatic heterocycles. The van der Waals surface area contributed by atoms with E-state index in [-0.39, 0.29) is 12.1 Å². The summed E-state index contributed by atoms with van der Waals surface area (Å²) in [5.41, 5.74) is 8.49. The normalized spacial score (nSPS) is 12.4. The van der Waals surface area contributed by atoms with E-state index in [1.807, 2.05) is 62.4 Å². The van der Waals surface area contributed by atoms with Gasteiger partial charge in [0.15, 0.2) is 0 Å². The predicted molar refractivity (Wildman–Crippen MR) is 84.3 cm³/mol. The molecule has 20 heavy (non-hydrogen) atoms. The lowest BCUT2D eigenvalue weighted by Gasteiger charge is -2.15. The fourth-order valence-corrected chi connectivity index (χ4v) is 2.34. The molecule has 106 valence electrons. The molecule has 0 bridgehead atoms. The molecule has 0 radical (unpaired) electrons. The van der Waals surface area contributed by atoms with Gasteiger partial charge in [0.2, 0.25) is 0 Å². The highest BCUT2D eigenvalue weighted by Gasteiger charge is 2.09. The molecule has 2 nitrogen and oxygen atoms in total. The van der Waals surface area contributed by atoms with Gasteiger partial charge in [-0.1, -0.05) is 35.9 Å². The molecular weight excluding hydrogens is 270 g/mol. The molecule has 0 fully saturated rings. The summed E-state index contributed by atoms with van der Waals surface area (Å²) < 4.78 is 5.70. The number of rotatable bonds is 5. The molecule has 0 aliphatic rings. The van der Waals surface area contributed by atoms with E-state index in [0.29, 0.717) is 0 Å². The minimum absolute atomic E-state index is 0.0656. The van der Waals surface area contributed by atoms with Crippen molar-refractivity contribution in [2.45, 2.75) is 32.4 Å². The lowest BCUT2D eigenvalue weighted by Crippen LogP contribution is -2.14. The van der Waals surface area contributed by atoms with Gasteiger partial charge in [-0.15, -0.1) is 0 Å². The predicted octanol–water partition coefficient (Wildman–Crippen LogP) is 4.37. The molecule has 2 aromatic rings. The largest absolute Gasteiger partial charge is 0.491 e. The summed E-state index contributed by atoms with van der Waals surface area (Å²) in [7, 11) is 0. The molecular formula is C17H20ClNO. The Labute approximate surface area is 125 Å². The fraction of sp³-hybridized carbons (Fsp3) is 0.294. The van der Waals surface area contributed by atoms with Gasteiger partial charge in [-0.2, -0.15) is 0 Å². The first-order valence-corrected chi connectivity index (χ1v) is 7.19. The van der Waals surface area contributed by atoms with E-state index in [1.54, 1.807) is 0 Å². The van der Waals surface area contributed by atoms with Crippen LogP contribution in [0.2, 0.25) is 5.02 Å². The van der Waals surface area contributed by atoms with Crippen LogP contribution in [0.25, 0.3) is 0 Å². The monoisotopic (exact) mass is 289 g/mol. The van der Waals surface area contributed by atoms with Gasteiger partial charge in [-0.3, -0.25) is 0 Å². The molecule has 0 heterocycles. The zero-order valence-corrected chi connectivity index (χ0v) is 12.6. The third-order valence-electron chi connectivity index (χ3n) is 3.00. The quantitative estimate of drug-likeness (QED) is 0.887. The summed E-state index contributed by atoms with van der Waals surface area (Å²) in [6.07, 6.45) is 0.917. The molecule has 0 spiro atoms. The maximum atomic E-state index is 6.28. The minimum Gasteiger partial charge on any atom is -0.491 e. The van der Waals surface area contributed by atoms with E-state index in [4.69, 9.17) is 22.1 Å². The van der Waals surface area contributed by atoms with E-state index in [9.17, 15) is 0 Å². The second-order valence-corrected chi connectivity index (χ2v) is 5.62. The van der Waals surface area contributed by atoms with Crippen LogP contribution in [0.5, 0.6) is 5.75 Å². The van der Waals surface area contributed by atoms with Gasteiger partial charge < -0.3 is 10.5 Å². The van der Waals surface area contributed by atoms with Crippen molar-refractivity contribution in [2.75, 3.05) is 0 Å². The van der Waals surface area contributed by atoms with E-state index in [1.165, 1.54) is 0 Å². The molecule has 2 aromatic carbocycles. The van der Waals surface area contributed by atoms with E-state index in [0.717, 1.165) is 28.3 Å². The van der Waals surface area contributed by atoms with Crippen molar-refractivity contribution in [3.8, 4) is 5.75 Å². The maximum Gasteiger partial charge on any atom is 0.120 e. The van der Waals surface area contributed by atoms with Crippen LogP contribution in [0.1, 0.15) is 31.0 Å². The van der Waals surface area contributed by atoms with Gasteiger partial charge in [-0.05, 0) is 55.7 Å². The summed E-state index contributed by atoms with van der Waals surface area (Å²) >= 11 is 6.00. The van der Waals surface area contributed by atoms with Gasteiger partial charge >= 0.3 is 0 Å². The van der Waals surface area contributed by atoms with Crippen molar-refractivity contribution >= 4 is 11.6 Å². The summed E-state index contributed by atoms with van der Waals surface area (Å²) in [6, 6.07) is 15.7. The van der Waals surface area contributed by atoms with Crippen LogP contribution < -0.4 is 10.5 Å². The van der Waals surface area contributed by atoms with Crippen molar-refractivity contribution in [1.29, 1.82) is 0 Å². The smallest absolute Gasteiger partial charge is 0.120 e. The minimum atomic E-state index is -0.0656. The zero-order valence-electron chi connectivity index (χ0n) is 11.8. The summed E-state index contributed by atoms with van der Waals surface area (Å²) in [5.74, 6) is 0.860. The third-order valence-corrected chi connectivity index (χ3v) is 3.24. The summed E-state index contributed by atoms with van der Waals surface area (Å²) in [4.78, 5) is 0. The highest BCUT2D eigenvalue weighted by Crippen LogP contribution is 2.22. The number of ether oxygens (including phenoxy) is 1. The Morgan fingerprint density at radius 3 is 2.55 bits per heavy atom. The molecule has 0 aliphatic heterocycles. The van der Waals surface area contributed by atoms with E-state index < -0.39 is 0 Å². The van der Waals surface area contributed by atoms with Crippen LogP contribution in [0.15, 0.2) is 48.5 Å². The van der Waals surface area contributed by atoms with Crippen LogP contribution in [0.4, 0.5) is 0 Å². The van der Waals surface area contributed by atoms with Crippen molar-refractivity contribution in [1.82, 2.24) is 0 Å². The first kappa shape index (κ1) is 14.9.